The van der Waals surface area contributed by atoms with Crippen LogP contribution in [-0.4, -0.2) is 48.7 Å². The molecule has 0 radical (unpaired) electrons. The molecule has 1 heterocycles. The van der Waals surface area contributed by atoms with Gasteiger partial charge in [-0.1, -0.05) is 35.1 Å². The summed E-state index contributed by atoms with van der Waals surface area (Å²) in [4.78, 5) is 23.3. The second-order valence-corrected chi connectivity index (χ2v) is 10.2. The fourth-order valence-corrected chi connectivity index (χ4v) is 5.28. The highest BCUT2D eigenvalue weighted by molar-refractivity contribution is 7.99. The molecule has 0 fully saturated rings. The first-order valence-corrected chi connectivity index (χ1v) is 12.2. The molecule has 0 unspecified atom stereocenters. The van der Waals surface area contributed by atoms with Crippen LogP contribution < -0.4 is 4.90 Å². The molecule has 0 bridgehead atoms. The lowest BCUT2D eigenvalue weighted by Gasteiger charge is -2.21. The number of hydrogen-bond acceptors (Lipinski definition) is 5. The Labute approximate surface area is 200 Å². The van der Waals surface area contributed by atoms with E-state index < -0.39 is 0 Å². The number of fused-ring (bicyclic) bond motifs is 1. The topological polar surface area (TPSA) is 36.4 Å². The van der Waals surface area contributed by atoms with E-state index in [9.17, 15) is 4.79 Å². The predicted octanol–water partition coefficient (Wildman–Crippen LogP) is 6.11. The lowest BCUT2D eigenvalue weighted by atomic mass is 10.1. The van der Waals surface area contributed by atoms with Gasteiger partial charge < -0.3 is 4.90 Å². The lowest BCUT2D eigenvalue weighted by Crippen LogP contribution is -2.33. The van der Waals surface area contributed by atoms with E-state index in [1.54, 1.807) is 23.1 Å². The Balaban J connectivity index is 0.00000341. The fourth-order valence-electron chi connectivity index (χ4n) is 3.38. The Kier molecular flexibility index (Phi) is 9.82. The number of benzene rings is 2. The van der Waals surface area contributed by atoms with Gasteiger partial charge in [0.25, 0.3) is 0 Å². The summed E-state index contributed by atoms with van der Waals surface area (Å²) in [5.74, 6) is 0.927. The molecule has 1 aromatic heterocycles. The summed E-state index contributed by atoms with van der Waals surface area (Å²) >= 11 is 3.37. The van der Waals surface area contributed by atoms with Crippen LogP contribution in [-0.2, 0) is 4.79 Å². The summed E-state index contributed by atoms with van der Waals surface area (Å²) in [7, 11) is 4.13. The molecule has 0 aliphatic heterocycles. The maximum absolute atomic E-state index is 13.2. The third-order valence-corrected chi connectivity index (χ3v) is 7.18. The number of aromatic nitrogens is 1. The molecule has 0 saturated heterocycles. The van der Waals surface area contributed by atoms with E-state index in [0.29, 0.717) is 13.0 Å². The van der Waals surface area contributed by atoms with Gasteiger partial charge in [0.05, 0.1) is 10.2 Å². The first kappa shape index (κ1) is 25.7. The highest BCUT2D eigenvalue weighted by Crippen LogP contribution is 2.32. The Bertz CT molecular complexity index is 1000. The first-order valence-electron chi connectivity index (χ1n) is 10.4. The number of rotatable bonds is 9. The molecule has 31 heavy (non-hydrogen) atoms. The van der Waals surface area contributed by atoms with Crippen LogP contribution in [0.1, 0.15) is 29.5 Å². The number of amides is 1. The van der Waals surface area contributed by atoms with E-state index in [-0.39, 0.29) is 18.3 Å². The molecule has 0 N–H and O–H groups in total. The highest BCUT2D eigenvalue weighted by atomic mass is 35.5. The van der Waals surface area contributed by atoms with E-state index in [0.717, 1.165) is 29.4 Å². The van der Waals surface area contributed by atoms with Crippen LogP contribution in [0.5, 0.6) is 0 Å². The van der Waals surface area contributed by atoms with Gasteiger partial charge in [0, 0.05) is 23.6 Å². The molecule has 0 saturated carbocycles. The van der Waals surface area contributed by atoms with E-state index >= 15 is 0 Å². The van der Waals surface area contributed by atoms with E-state index in [2.05, 4.69) is 76.2 Å². The summed E-state index contributed by atoms with van der Waals surface area (Å²) in [5.41, 5.74) is 4.68. The number of carbonyl (C=O) groups excluding carboxylic acids is 1. The zero-order valence-corrected chi connectivity index (χ0v) is 21.4. The molecule has 0 aliphatic carbocycles. The van der Waals surface area contributed by atoms with Gasteiger partial charge in [0.15, 0.2) is 5.13 Å². The molecule has 7 heteroatoms. The van der Waals surface area contributed by atoms with Gasteiger partial charge in [-0.2, -0.15) is 0 Å². The van der Waals surface area contributed by atoms with Crippen LogP contribution in [0, 0.1) is 20.8 Å². The van der Waals surface area contributed by atoms with Crippen LogP contribution in [0.2, 0.25) is 0 Å². The van der Waals surface area contributed by atoms with Crippen molar-refractivity contribution < 1.29 is 4.79 Å². The number of carbonyl (C=O) groups is 1. The van der Waals surface area contributed by atoms with Gasteiger partial charge in [0.1, 0.15) is 0 Å². The van der Waals surface area contributed by atoms with Gasteiger partial charge in [-0.05, 0) is 77.2 Å². The number of halogens is 1. The van der Waals surface area contributed by atoms with Crippen LogP contribution >= 0.6 is 35.5 Å². The number of thioether (sulfide) groups is 1. The molecular formula is C24H32ClN3OS2. The standard InChI is InChI=1S/C24H31N3OS2.ClH/c1-17-7-9-20(10-8-17)29-14-11-22(28)27(13-6-12-26(4)5)24-25-21-16-18(2)15-19(3)23(21)30-24;/h7-10,15-16H,6,11-14H2,1-5H3;1H. The maximum atomic E-state index is 13.2. The molecule has 0 spiro atoms. The first-order chi connectivity index (χ1) is 14.3. The zero-order chi connectivity index (χ0) is 21.7. The van der Waals surface area contributed by atoms with Crippen molar-refractivity contribution in [1.82, 2.24) is 9.88 Å². The van der Waals surface area contributed by atoms with Crippen LogP contribution in [0.25, 0.3) is 10.2 Å². The van der Waals surface area contributed by atoms with Crippen molar-refractivity contribution in [3.8, 4) is 0 Å². The Morgan fingerprint density at radius 1 is 1.03 bits per heavy atom. The second kappa shape index (κ2) is 11.9. The van der Waals surface area contributed by atoms with Crippen molar-refractivity contribution in [3.63, 3.8) is 0 Å². The second-order valence-electron chi connectivity index (χ2n) is 8.04. The smallest absolute Gasteiger partial charge is 0.229 e. The van der Waals surface area contributed by atoms with Gasteiger partial charge in [0.2, 0.25) is 5.91 Å². The number of aryl methyl sites for hydroxylation is 3. The van der Waals surface area contributed by atoms with Crippen molar-refractivity contribution >= 4 is 56.8 Å². The summed E-state index contributed by atoms with van der Waals surface area (Å²) < 4.78 is 1.18. The minimum atomic E-state index is 0. The Hall–Kier alpha value is -1.60. The predicted molar refractivity (Wildman–Crippen MR) is 138 cm³/mol. The molecule has 0 atom stereocenters. The third-order valence-electron chi connectivity index (χ3n) is 4.93. The van der Waals surface area contributed by atoms with Crippen molar-refractivity contribution in [2.45, 2.75) is 38.5 Å². The van der Waals surface area contributed by atoms with Gasteiger partial charge in [-0.3, -0.25) is 9.69 Å². The van der Waals surface area contributed by atoms with Gasteiger partial charge in [-0.15, -0.1) is 24.2 Å². The Morgan fingerprint density at radius 2 is 1.74 bits per heavy atom. The molecule has 3 aromatic rings. The molecule has 168 valence electrons. The van der Waals surface area contributed by atoms with Crippen molar-refractivity contribution in [1.29, 1.82) is 0 Å². The number of anilines is 1. The number of hydrogen-bond donors (Lipinski definition) is 0. The molecule has 1 amide bonds. The molecular weight excluding hydrogens is 446 g/mol. The fraction of sp³-hybridized carbons (Fsp3) is 0.417. The number of nitrogens with zero attached hydrogens (tertiary/aromatic N) is 3. The average Bonchev–Trinajstić information content (AvgIpc) is 3.10. The monoisotopic (exact) mass is 477 g/mol. The van der Waals surface area contributed by atoms with Crippen molar-refractivity contribution in [3.05, 3.63) is 53.1 Å². The largest absolute Gasteiger partial charge is 0.309 e. The molecule has 4 nitrogen and oxygen atoms in total. The molecule has 3 rings (SSSR count). The Morgan fingerprint density at radius 3 is 2.42 bits per heavy atom. The SMILES string of the molecule is Cc1ccc(SCCC(=O)N(CCCN(C)C)c2nc3cc(C)cc(C)c3s2)cc1.Cl. The van der Waals surface area contributed by atoms with E-state index in [4.69, 9.17) is 4.98 Å². The molecule has 0 aliphatic rings. The maximum Gasteiger partial charge on any atom is 0.229 e. The molecule has 2 aromatic carbocycles. The average molecular weight is 478 g/mol. The lowest BCUT2D eigenvalue weighted by molar-refractivity contribution is -0.118. The van der Waals surface area contributed by atoms with Gasteiger partial charge >= 0.3 is 0 Å². The van der Waals surface area contributed by atoms with Crippen LogP contribution in [0.3, 0.4) is 0 Å². The van der Waals surface area contributed by atoms with Crippen LogP contribution in [0.4, 0.5) is 5.13 Å². The quantitative estimate of drug-likeness (QED) is 0.348. The van der Waals surface area contributed by atoms with Gasteiger partial charge in [-0.25, -0.2) is 4.98 Å². The number of thiazole rings is 1. The minimum absolute atomic E-state index is 0. The van der Waals surface area contributed by atoms with Crippen molar-refractivity contribution in [2.75, 3.05) is 37.8 Å². The van der Waals surface area contributed by atoms with E-state index in [1.807, 2.05) is 4.90 Å². The summed E-state index contributed by atoms with van der Waals surface area (Å²) in [6.07, 6.45) is 1.44. The summed E-state index contributed by atoms with van der Waals surface area (Å²) in [5, 5.41) is 0.822. The third kappa shape index (κ3) is 7.21. The highest BCUT2D eigenvalue weighted by Gasteiger charge is 2.20. The summed E-state index contributed by atoms with van der Waals surface area (Å²) in [6, 6.07) is 12.8. The van der Waals surface area contributed by atoms with E-state index in [1.165, 1.54) is 26.3 Å². The minimum Gasteiger partial charge on any atom is -0.309 e. The van der Waals surface area contributed by atoms with Crippen molar-refractivity contribution in [2.24, 2.45) is 0 Å². The normalized spacial score (nSPS) is 11.0. The van der Waals surface area contributed by atoms with Crippen LogP contribution in [0.15, 0.2) is 41.3 Å². The summed E-state index contributed by atoms with van der Waals surface area (Å²) in [6.45, 7) is 7.95. The zero-order valence-electron chi connectivity index (χ0n) is 19.0.